The molecule has 0 unspecified atom stereocenters. The minimum atomic E-state index is -0.605. The van der Waals surface area contributed by atoms with Crippen molar-refractivity contribution in [3.63, 3.8) is 0 Å². The van der Waals surface area contributed by atoms with E-state index in [2.05, 4.69) is 24.6 Å². The molecule has 3 rings (SSSR count). The van der Waals surface area contributed by atoms with Crippen LogP contribution in [0.15, 0.2) is 41.1 Å². The van der Waals surface area contributed by atoms with Crippen molar-refractivity contribution in [1.82, 2.24) is 15.5 Å². The van der Waals surface area contributed by atoms with Crippen LogP contribution in [0, 0.1) is 0 Å². The van der Waals surface area contributed by atoms with Crippen LogP contribution < -0.4 is 20.5 Å². The van der Waals surface area contributed by atoms with E-state index >= 15 is 0 Å². The molecule has 27 heavy (non-hydrogen) atoms. The van der Waals surface area contributed by atoms with Crippen LogP contribution in [0.5, 0.6) is 5.75 Å². The first-order valence-electron chi connectivity index (χ1n) is 8.57. The SMILES string of the molecule is CC.CC(C)(COc1cccc2c1C(N)=NSN2)NC(=O)c1ccnnc1. The van der Waals surface area contributed by atoms with Gasteiger partial charge < -0.3 is 20.5 Å². The number of fused-ring (bicyclic) bond motifs is 1. The summed E-state index contributed by atoms with van der Waals surface area (Å²) < 4.78 is 13.1. The average Bonchev–Trinajstić information content (AvgIpc) is 2.68. The van der Waals surface area contributed by atoms with E-state index in [0.29, 0.717) is 17.1 Å². The van der Waals surface area contributed by atoms with Gasteiger partial charge in [0.15, 0.2) is 0 Å². The van der Waals surface area contributed by atoms with Crippen LogP contribution in [-0.4, -0.2) is 34.1 Å². The largest absolute Gasteiger partial charge is 0.490 e. The van der Waals surface area contributed by atoms with Gasteiger partial charge in [0, 0.05) is 0 Å². The number of nitrogens with zero attached hydrogens (tertiary/aromatic N) is 3. The van der Waals surface area contributed by atoms with E-state index < -0.39 is 5.54 Å². The maximum atomic E-state index is 12.3. The van der Waals surface area contributed by atoms with Gasteiger partial charge in [-0.15, -0.1) is 0 Å². The summed E-state index contributed by atoms with van der Waals surface area (Å²) in [5, 5.41) is 10.3. The molecule has 0 fully saturated rings. The van der Waals surface area contributed by atoms with Crippen molar-refractivity contribution >= 4 is 29.6 Å². The van der Waals surface area contributed by atoms with Crippen LogP contribution in [0.4, 0.5) is 5.69 Å². The predicted octanol–water partition coefficient (Wildman–Crippen LogP) is 2.78. The quantitative estimate of drug-likeness (QED) is 0.675. The number of nitrogens with one attached hydrogen (secondary N) is 2. The van der Waals surface area contributed by atoms with E-state index in [1.807, 2.05) is 45.9 Å². The molecule has 0 saturated heterocycles. The first-order valence-corrected chi connectivity index (χ1v) is 9.34. The summed E-state index contributed by atoms with van der Waals surface area (Å²) in [6.45, 7) is 8.01. The van der Waals surface area contributed by atoms with Gasteiger partial charge in [-0.25, -0.2) is 0 Å². The van der Waals surface area contributed by atoms with Crippen LogP contribution in [0.1, 0.15) is 43.6 Å². The van der Waals surface area contributed by atoms with Crippen molar-refractivity contribution in [1.29, 1.82) is 0 Å². The van der Waals surface area contributed by atoms with Crippen LogP contribution in [-0.2, 0) is 0 Å². The lowest BCUT2D eigenvalue weighted by Gasteiger charge is -2.27. The van der Waals surface area contributed by atoms with Crippen LogP contribution in [0.3, 0.4) is 0 Å². The summed E-state index contributed by atoms with van der Waals surface area (Å²) in [7, 11) is 0. The van der Waals surface area contributed by atoms with Gasteiger partial charge in [0.2, 0.25) is 0 Å². The van der Waals surface area contributed by atoms with Gasteiger partial charge >= 0.3 is 0 Å². The second-order valence-electron chi connectivity index (χ2n) is 6.11. The molecule has 2 heterocycles. The molecule has 0 spiro atoms. The average molecular weight is 388 g/mol. The maximum absolute atomic E-state index is 12.3. The van der Waals surface area contributed by atoms with Gasteiger partial charge in [0.1, 0.15) is 18.2 Å². The fourth-order valence-electron chi connectivity index (χ4n) is 2.27. The minimum absolute atomic E-state index is 0.238. The molecule has 2 aromatic rings. The first kappa shape index (κ1) is 20.5. The van der Waals surface area contributed by atoms with Gasteiger partial charge in [-0.05, 0) is 32.0 Å². The molecule has 1 amide bonds. The number of aromatic nitrogens is 2. The molecule has 1 aromatic carbocycles. The Hall–Kier alpha value is -2.81. The summed E-state index contributed by atoms with van der Waals surface area (Å²) in [5.74, 6) is 0.774. The molecule has 0 atom stereocenters. The number of carbonyl (C=O) groups is 1. The zero-order chi connectivity index (χ0) is 19.9. The molecule has 1 aliphatic rings. The summed E-state index contributed by atoms with van der Waals surface area (Å²) in [4.78, 5) is 12.3. The highest BCUT2D eigenvalue weighted by molar-refractivity contribution is 7.99. The lowest BCUT2D eigenvalue weighted by atomic mass is 10.1. The number of carbonyl (C=O) groups excluding carboxylic acids is 1. The molecule has 1 aromatic heterocycles. The van der Waals surface area contributed by atoms with Crippen LogP contribution in [0.25, 0.3) is 0 Å². The molecule has 0 radical (unpaired) electrons. The predicted molar refractivity (Wildman–Crippen MR) is 109 cm³/mol. The summed E-state index contributed by atoms with van der Waals surface area (Å²) in [6, 6.07) is 7.20. The van der Waals surface area contributed by atoms with E-state index in [0.717, 1.165) is 11.3 Å². The Labute approximate surface area is 163 Å². The Morgan fingerprint density at radius 1 is 1.30 bits per heavy atom. The molecule has 0 saturated carbocycles. The van der Waals surface area contributed by atoms with Gasteiger partial charge in [-0.3, -0.25) is 4.79 Å². The third-order valence-electron chi connectivity index (χ3n) is 3.47. The van der Waals surface area contributed by atoms with Gasteiger partial charge in [0.05, 0.1) is 46.9 Å². The highest BCUT2D eigenvalue weighted by atomic mass is 32.2. The standard InChI is InChI=1S/C16H18N6O2S.C2H6/c1-16(2,20-15(23)10-6-7-18-19-8-10)9-24-12-5-3-4-11-13(12)14(17)22-25-21-11;1-2/h3-8,21H,9H2,1-2H3,(H2,17,22)(H,20,23);1-2H3. The van der Waals surface area contributed by atoms with E-state index in [1.165, 1.54) is 24.5 Å². The van der Waals surface area contributed by atoms with Gasteiger partial charge in [0.25, 0.3) is 5.91 Å². The third kappa shape index (κ3) is 5.33. The topological polar surface area (TPSA) is 115 Å². The number of nitrogens with two attached hydrogens (primary N) is 1. The van der Waals surface area contributed by atoms with Crippen LogP contribution >= 0.6 is 12.1 Å². The van der Waals surface area contributed by atoms with Crippen molar-refractivity contribution in [2.45, 2.75) is 33.2 Å². The summed E-state index contributed by atoms with van der Waals surface area (Å²) >= 11 is 1.17. The van der Waals surface area contributed by atoms with E-state index in [1.54, 1.807) is 6.07 Å². The van der Waals surface area contributed by atoms with Crippen molar-refractivity contribution in [3.8, 4) is 5.75 Å². The third-order valence-corrected chi connectivity index (χ3v) is 4.07. The molecule has 0 bridgehead atoms. The minimum Gasteiger partial charge on any atom is -0.490 e. The lowest BCUT2D eigenvalue weighted by Crippen LogP contribution is -2.48. The van der Waals surface area contributed by atoms with Crippen LogP contribution in [0.2, 0.25) is 0 Å². The smallest absolute Gasteiger partial charge is 0.253 e. The summed E-state index contributed by atoms with van der Waals surface area (Å²) in [5.41, 5.74) is 7.38. The zero-order valence-corrected chi connectivity index (χ0v) is 16.6. The zero-order valence-electron chi connectivity index (χ0n) is 15.8. The van der Waals surface area contributed by atoms with E-state index in [4.69, 9.17) is 10.5 Å². The number of amides is 1. The number of ether oxygens (including phenoxy) is 1. The van der Waals surface area contributed by atoms with Crippen molar-refractivity contribution < 1.29 is 9.53 Å². The molecule has 9 heteroatoms. The molecule has 4 N–H and O–H groups in total. The highest BCUT2D eigenvalue weighted by Crippen LogP contribution is 2.32. The number of anilines is 1. The summed E-state index contributed by atoms with van der Waals surface area (Å²) in [6.07, 6.45) is 2.89. The molecular formula is C18H24N6O2S. The number of hydrogen-bond donors (Lipinski definition) is 3. The Morgan fingerprint density at radius 2 is 2.07 bits per heavy atom. The number of hydrogen-bond acceptors (Lipinski definition) is 8. The van der Waals surface area contributed by atoms with Crippen molar-refractivity contribution in [3.05, 3.63) is 47.8 Å². The fourth-order valence-corrected chi connectivity index (χ4v) is 2.77. The second-order valence-corrected chi connectivity index (χ2v) is 6.68. The number of benzene rings is 1. The normalized spacial score (nSPS) is 12.5. The molecule has 8 nitrogen and oxygen atoms in total. The Bertz CT molecular complexity index is 811. The van der Waals surface area contributed by atoms with Crippen molar-refractivity contribution in [2.75, 3.05) is 11.3 Å². The van der Waals surface area contributed by atoms with Gasteiger partial charge in [-0.1, -0.05) is 19.9 Å². The van der Waals surface area contributed by atoms with E-state index in [9.17, 15) is 4.79 Å². The lowest BCUT2D eigenvalue weighted by molar-refractivity contribution is 0.0880. The monoisotopic (exact) mass is 388 g/mol. The fraction of sp³-hybridized carbons (Fsp3) is 0.333. The molecular weight excluding hydrogens is 364 g/mol. The van der Waals surface area contributed by atoms with Crippen molar-refractivity contribution in [2.24, 2.45) is 10.1 Å². The first-order chi connectivity index (χ1) is 13.0. The Kier molecular flexibility index (Phi) is 7.00. The number of amidine groups is 1. The molecule has 0 aliphatic carbocycles. The molecule has 1 aliphatic heterocycles. The van der Waals surface area contributed by atoms with E-state index in [-0.39, 0.29) is 12.5 Å². The van der Waals surface area contributed by atoms with Gasteiger partial charge in [-0.2, -0.15) is 14.6 Å². The number of rotatable bonds is 5. The second kappa shape index (κ2) is 9.22. The highest BCUT2D eigenvalue weighted by Gasteiger charge is 2.24. The molecule has 144 valence electrons. The Morgan fingerprint density at radius 3 is 2.78 bits per heavy atom. The Balaban J connectivity index is 0.00000126. The maximum Gasteiger partial charge on any atom is 0.253 e.